The minimum atomic E-state index is -0.277. The zero-order valence-corrected chi connectivity index (χ0v) is 15.5. The summed E-state index contributed by atoms with van der Waals surface area (Å²) in [5.74, 6) is -0.277. The largest absolute Gasteiger partial charge is 0.378 e. The lowest BCUT2D eigenvalue weighted by atomic mass is 9.97. The van der Waals surface area contributed by atoms with Crippen LogP contribution in [0.3, 0.4) is 0 Å². The molecule has 2 heterocycles. The van der Waals surface area contributed by atoms with Crippen molar-refractivity contribution >= 4 is 28.1 Å². The Bertz CT molecular complexity index is 934. The standard InChI is InChI=1S/C19H19N5OS/c1-24(2)14-8-11-20-15(12-14)16(25)21-18-23-22-17(26-18)19(9-10-19)13-6-4-3-5-7-13/h3-8,11-12H,9-10H2,1-2H3,(H,21,23,25). The number of nitrogens with zero attached hydrogens (tertiary/aromatic N) is 4. The first-order valence-electron chi connectivity index (χ1n) is 8.43. The van der Waals surface area contributed by atoms with Gasteiger partial charge < -0.3 is 4.90 Å². The average Bonchev–Trinajstić information content (AvgIpc) is 3.35. The number of nitrogens with one attached hydrogen (secondary N) is 1. The van der Waals surface area contributed by atoms with Gasteiger partial charge >= 0.3 is 0 Å². The fourth-order valence-corrected chi connectivity index (χ4v) is 3.97. The van der Waals surface area contributed by atoms with Crippen molar-refractivity contribution in [2.45, 2.75) is 18.3 Å². The number of anilines is 2. The average molecular weight is 365 g/mol. The summed E-state index contributed by atoms with van der Waals surface area (Å²) in [6.45, 7) is 0. The number of pyridine rings is 1. The van der Waals surface area contributed by atoms with Crippen LogP contribution in [0.1, 0.15) is 33.9 Å². The molecule has 1 aliphatic carbocycles. The fourth-order valence-electron chi connectivity index (χ4n) is 2.96. The Kier molecular flexibility index (Phi) is 4.16. The Balaban J connectivity index is 1.53. The Morgan fingerprint density at radius 2 is 1.92 bits per heavy atom. The fraction of sp³-hybridized carbons (Fsp3) is 0.263. The van der Waals surface area contributed by atoms with Crippen LogP contribution in [-0.2, 0) is 5.41 Å². The lowest BCUT2D eigenvalue weighted by Gasteiger charge is -2.12. The molecular weight excluding hydrogens is 346 g/mol. The molecule has 6 nitrogen and oxygen atoms in total. The Hall–Kier alpha value is -2.80. The molecule has 0 bridgehead atoms. The summed E-state index contributed by atoms with van der Waals surface area (Å²) < 4.78 is 0. The van der Waals surface area contributed by atoms with Gasteiger partial charge in [0.25, 0.3) is 5.91 Å². The minimum Gasteiger partial charge on any atom is -0.378 e. The van der Waals surface area contributed by atoms with Gasteiger partial charge in [0, 0.05) is 31.4 Å². The second kappa shape index (κ2) is 6.49. The van der Waals surface area contributed by atoms with E-state index in [0.717, 1.165) is 23.5 Å². The van der Waals surface area contributed by atoms with Gasteiger partial charge in [0.15, 0.2) is 0 Å². The molecule has 0 spiro atoms. The van der Waals surface area contributed by atoms with E-state index in [-0.39, 0.29) is 11.3 Å². The van der Waals surface area contributed by atoms with Crippen LogP contribution < -0.4 is 10.2 Å². The van der Waals surface area contributed by atoms with Crippen molar-refractivity contribution in [2.24, 2.45) is 0 Å². The van der Waals surface area contributed by atoms with Crippen molar-refractivity contribution in [2.75, 3.05) is 24.3 Å². The van der Waals surface area contributed by atoms with Crippen LogP contribution in [0.25, 0.3) is 0 Å². The van der Waals surface area contributed by atoms with Gasteiger partial charge in [-0.05, 0) is 30.5 Å². The molecule has 0 saturated heterocycles. The monoisotopic (exact) mass is 365 g/mol. The number of hydrogen-bond acceptors (Lipinski definition) is 6. The highest BCUT2D eigenvalue weighted by Crippen LogP contribution is 2.54. The molecule has 1 aromatic carbocycles. The molecule has 7 heteroatoms. The van der Waals surface area contributed by atoms with Crippen molar-refractivity contribution in [3.8, 4) is 0 Å². The number of benzene rings is 1. The number of aromatic nitrogens is 3. The van der Waals surface area contributed by atoms with Crippen LogP contribution in [-0.4, -0.2) is 35.2 Å². The van der Waals surface area contributed by atoms with Gasteiger partial charge in [0.2, 0.25) is 5.13 Å². The second-order valence-corrected chi connectivity index (χ2v) is 7.59. The third-order valence-electron chi connectivity index (χ3n) is 4.62. The predicted octanol–water partition coefficient (Wildman–Crippen LogP) is 3.33. The van der Waals surface area contributed by atoms with E-state index in [4.69, 9.17) is 0 Å². The summed E-state index contributed by atoms with van der Waals surface area (Å²) in [6.07, 6.45) is 3.75. The van der Waals surface area contributed by atoms with Gasteiger partial charge in [-0.15, -0.1) is 10.2 Å². The Morgan fingerprint density at radius 1 is 1.15 bits per heavy atom. The van der Waals surface area contributed by atoms with Crippen LogP contribution in [0.15, 0.2) is 48.7 Å². The van der Waals surface area contributed by atoms with Crippen molar-refractivity contribution in [3.63, 3.8) is 0 Å². The van der Waals surface area contributed by atoms with Crippen LogP contribution in [0, 0.1) is 0 Å². The summed E-state index contributed by atoms with van der Waals surface area (Å²) >= 11 is 1.44. The van der Waals surface area contributed by atoms with Gasteiger partial charge in [-0.25, -0.2) is 0 Å². The van der Waals surface area contributed by atoms with Crippen molar-refractivity contribution in [1.29, 1.82) is 0 Å². The van der Waals surface area contributed by atoms with Crippen LogP contribution in [0.2, 0.25) is 0 Å². The van der Waals surface area contributed by atoms with E-state index in [1.807, 2.05) is 43.3 Å². The summed E-state index contributed by atoms with van der Waals surface area (Å²) in [5, 5.41) is 12.8. The van der Waals surface area contributed by atoms with Crippen molar-refractivity contribution in [1.82, 2.24) is 15.2 Å². The smallest absolute Gasteiger partial charge is 0.276 e. The molecule has 26 heavy (non-hydrogen) atoms. The van der Waals surface area contributed by atoms with Gasteiger partial charge in [0.1, 0.15) is 10.7 Å². The summed E-state index contributed by atoms with van der Waals surface area (Å²) in [6, 6.07) is 14.0. The van der Waals surface area contributed by atoms with Crippen LogP contribution in [0.5, 0.6) is 0 Å². The molecule has 1 fully saturated rings. The van der Waals surface area contributed by atoms with Gasteiger partial charge in [-0.1, -0.05) is 41.7 Å². The molecule has 1 amide bonds. The first kappa shape index (κ1) is 16.7. The SMILES string of the molecule is CN(C)c1ccnc(C(=O)Nc2nnc(C3(c4ccccc4)CC3)s2)c1. The quantitative estimate of drug-likeness (QED) is 0.751. The van der Waals surface area contributed by atoms with E-state index in [0.29, 0.717) is 10.8 Å². The van der Waals surface area contributed by atoms with Crippen LogP contribution in [0.4, 0.5) is 10.8 Å². The lowest BCUT2D eigenvalue weighted by Crippen LogP contribution is -2.15. The topological polar surface area (TPSA) is 71.0 Å². The maximum Gasteiger partial charge on any atom is 0.276 e. The third-order valence-corrected chi connectivity index (χ3v) is 5.67. The molecule has 0 aliphatic heterocycles. The molecule has 0 radical (unpaired) electrons. The van der Waals surface area contributed by atoms with Crippen molar-refractivity contribution in [3.05, 3.63) is 64.9 Å². The molecule has 1 saturated carbocycles. The zero-order valence-electron chi connectivity index (χ0n) is 14.6. The van der Waals surface area contributed by atoms with Crippen molar-refractivity contribution < 1.29 is 4.79 Å². The molecule has 0 atom stereocenters. The van der Waals surface area contributed by atoms with E-state index < -0.39 is 0 Å². The van der Waals surface area contributed by atoms with Crippen LogP contribution >= 0.6 is 11.3 Å². The van der Waals surface area contributed by atoms with Gasteiger partial charge in [-0.2, -0.15) is 0 Å². The Morgan fingerprint density at radius 3 is 2.62 bits per heavy atom. The molecule has 2 aromatic heterocycles. The number of hydrogen-bond donors (Lipinski definition) is 1. The first-order valence-corrected chi connectivity index (χ1v) is 9.24. The van der Waals surface area contributed by atoms with E-state index in [9.17, 15) is 4.79 Å². The molecule has 1 N–H and O–H groups in total. The highest BCUT2D eigenvalue weighted by Gasteiger charge is 2.48. The molecule has 3 aromatic rings. The summed E-state index contributed by atoms with van der Waals surface area (Å²) in [5.41, 5.74) is 2.50. The number of carbonyl (C=O) groups is 1. The minimum absolute atomic E-state index is 0.0367. The third kappa shape index (κ3) is 3.06. The van der Waals surface area contributed by atoms with Gasteiger partial charge in [-0.3, -0.25) is 15.1 Å². The summed E-state index contributed by atoms with van der Waals surface area (Å²) in [7, 11) is 3.85. The molecular formula is C19H19N5OS. The summed E-state index contributed by atoms with van der Waals surface area (Å²) in [4.78, 5) is 18.6. The van der Waals surface area contributed by atoms with E-state index in [1.165, 1.54) is 16.9 Å². The number of carbonyl (C=O) groups excluding carboxylic acids is 1. The Labute approximate surface area is 155 Å². The zero-order chi connectivity index (χ0) is 18.1. The number of rotatable bonds is 5. The van der Waals surface area contributed by atoms with E-state index in [2.05, 4.69) is 32.6 Å². The predicted molar refractivity (Wildman–Crippen MR) is 103 cm³/mol. The molecule has 4 rings (SSSR count). The first-order chi connectivity index (χ1) is 12.6. The van der Waals surface area contributed by atoms with E-state index >= 15 is 0 Å². The highest BCUT2D eigenvalue weighted by atomic mass is 32.1. The second-order valence-electron chi connectivity index (χ2n) is 6.61. The molecule has 0 unspecified atom stereocenters. The maximum atomic E-state index is 12.5. The van der Waals surface area contributed by atoms with E-state index in [1.54, 1.807) is 12.3 Å². The highest BCUT2D eigenvalue weighted by molar-refractivity contribution is 7.15. The molecule has 1 aliphatic rings. The lowest BCUT2D eigenvalue weighted by molar-refractivity contribution is 0.102. The van der Waals surface area contributed by atoms with Gasteiger partial charge in [0.05, 0.1) is 0 Å². The maximum absolute atomic E-state index is 12.5. The molecule has 132 valence electrons. The number of amides is 1. The normalized spacial score (nSPS) is 14.7.